The van der Waals surface area contributed by atoms with Gasteiger partial charge in [0.25, 0.3) is 0 Å². The van der Waals surface area contributed by atoms with Crippen LogP contribution < -0.4 is 0 Å². The Balaban J connectivity index is 1.85. The first kappa shape index (κ1) is 8.85. The molecule has 2 aliphatic rings. The third-order valence-corrected chi connectivity index (χ3v) is 3.99. The number of piperidine rings is 1. The maximum atomic E-state index is 9.49. The molecule has 0 saturated carbocycles. The van der Waals surface area contributed by atoms with Crippen LogP contribution in [0.1, 0.15) is 19.3 Å². The highest BCUT2D eigenvalue weighted by Crippen LogP contribution is 2.24. The summed E-state index contributed by atoms with van der Waals surface area (Å²) >= 11 is 2.05. The monoisotopic (exact) mass is 187 g/mol. The molecule has 2 fully saturated rings. The first-order valence-corrected chi connectivity index (χ1v) is 6.01. The maximum absolute atomic E-state index is 9.49. The van der Waals surface area contributed by atoms with Crippen molar-refractivity contribution in [2.24, 2.45) is 0 Å². The Kier molecular flexibility index (Phi) is 2.94. The van der Waals surface area contributed by atoms with Gasteiger partial charge in [0.1, 0.15) is 0 Å². The summed E-state index contributed by atoms with van der Waals surface area (Å²) in [5, 5.41) is 9.49. The summed E-state index contributed by atoms with van der Waals surface area (Å²) in [5.74, 6) is 2.60. The van der Waals surface area contributed by atoms with Crippen molar-refractivity contribution in [3.05, 3.63) is 0 Å². The van der Waals surface area contributed by atoms with Crippen LogP contribution in [0.4, 0.5) is 0 Å². The Hall–Kier alpha value is 0.270. The number of thioether (sulfide) groups is 1. The quantitative estimate of drug-likeness (QED) is 0.661. The van der Waals surface area contributed by atoms with Crippen LogP contribution >= 0.6 is 11.8 Å². The van der Waals surface area contributed by atoms with E-state index in [0.717, 1.165) is 19.0 Å². The van der Waals surface area contributed by atoms with E-state index in [4.69, 9.17) is 0 Å². The molecule has 2 rings (SSSR count). The van der Waals surface area contributed by atoms with Gasteiger partial charge < -0.3 is 5.11 Å². The highest BCUT2D eigenvalue weighted by Gasteiger charge is 2.26. The molecule has 0 bridgehead atoms. The highest BCUT2D eigenvalue weighted by atomic mass is 32.2. The Morgan fingerprint density at radius 2 is 2.25 bits per heavy atom. The van der Waals surface area contributed by atoms with Gasteiger partial charge in [0, 0.05) is 18.3 Å². The van der Waals surface area contributed by atoms with E-state index >= 15 is 0 Å². The molecule has 2 saturated heterocycles. The van der Waals surface area contributed by atoms with Gasteiger partial charge in [-0.3, -0.25) is 4.90 Å². The van der Waals surface area contributed by atoms with Crippen molar-refractivity contribution in [3.63, 3.8) is 0 Å². The summed E-state index contributed by atoms with van der Waals surface area (Å²) in [6, 6.07) is 0.768. The molecule has 0 aromatic heterocycles. The van der Waals surface area contributed by atoms with Crippen molar-refractivity contribution < 1.29 is 5.11 Å². The van der Waals surface area contributed by atoms with Crippen LogP contribution in [0, 0.1) is 0 Å². The van der Waals surface area contributed by atoms with Crippen molar-refractivity contribution in [1.29, 1.82) is 0 Å². The van der Waals surface area contributed by atoms with Crippen molar-refractivity contribution >= 4 is 11.8 Å². The molecule has 0 radical (unpaired) electrons. The topological polar surface area (TPSA) is 23.5 Å². The standard InChI is InChI=1S/C9H17NOS/c11-9-2-1-4-10(6-9)8-3-5-12-7-8/h8-9,11H,1-7H2/t8-,9-/m0/s1. The van der Waals surface area contributed by atoms with E-state index in [1.54, 1.807) is 0 Å². The molecular weight excluding hydrogens is 170 g/mol. The number of nitrogens with zero attached hydrogens (tertiary/aromatic N) is 1. The predicted molar refractivity (Wildman–Crippen MR) is 52.5 cm³/mol. The van der Waals surface area contributed by atoms with Crippen LogP contribution in [-0.2, 0) is 0 Å². The van der Waals surface area contributed by atoms with E-state index in [2.05, 4.69) is 16.7 Å². The fraction of sp³-hybridized carbons (Fsp3) is 1.00. The summed E-state index contributed by atoms with van der Waals surface area (Å²) in [4.78, 5) is 2.48. The van der Waals surface area contributed by atoms with Crippen LogP contribution in [-0.4, -0.2) is 46.7 Å². The molecule has 0 aromatic carbocycles. The van der Waals surface area contributed by atoms with Gasteiger partial charge in [-0.1, -0.05) is 0 Å². The first-order chi connectivity index (χ1) is 5.86. The lowest BCUT2D eigenvalue weighted by Gasteiger charge is -2.34. The molecule has 0 aromatic rings. The molecule has 2 nitrogen and oxygen atoms in total. The average molecular weight is 187 g/mol. The molecule has 2 atom stereocenters. The number of likely N-dealkylation sites (tertiary alicyclic amines) is 1. The van der Waals surface area contributed by atoms with Gasteiger partial charge >= 0.3 is 0 Å². The van der Waals surface area contributed by atoms with Crippen molar-refractivity contribution in [2.75, 3.05) is 24.6 Å². The van der Waals surface area contributed by atoms with E-state index < -0.39 is 0 Å². The summed E-state index contributed by atoms with van der Waals surface area (Å²) in [7, 11) is 0. The molecule has 0 aliphatic carbocycles. The summed E-state index contributed by atoms with van der Waals surface area (Å²) in [5.41, 5.74) is 0. The summed E-state index contributed by atoms with van der Waals surface area (Å²) in [6.45, 7) is 2.13. The second kappa shape index (κ2) is 3.99. The Labute approximate surface area is 78.3 Å². The summed E-state index contributed by atoms with van der Waals surface area (Å²) < 4.78 is 0. The zero-order chi connectivity index (χ0) is 8.39. The molecule has 0 amide bonds. The normalized spacial score (nSPS) is 38.8. The molecule has 3 heteroatoms. The third kappa shape index (κ3) is 1.95. The van der Waals surface area contributed by atoms with Crippen LogP contribution in [0.3, 0.4) is 0 Å². The predicted octanol–water partition coefficient (Wildman–Crippen LogP) is 0.949. The lowest BCUT2D eigenvalue weighted by Crippen LogP contribution is -2.44. The smallest absolute Gasteiger partial charge is 0.0667 e. The Morgan fingerprint density at radius 3 is 2.92 bits per heavy atom. The molecule has 70 valence electrons. The van der Waals surface area contributed by atoms with Gasteiger partial charge in [-0.05, 0) is 31.6 Å². The van der Waals surface area contributed by atoms with Crippen LogP contribution in [0.15, 0.2) is 0 Å². The number of hydrogen-bond acceptors (Lipinski definition) is 3. The minimum Gasteiger partial charge on any atom is -0.392 e. The van der Waals surface area contributed by atoms with Crippen LogP contribution in [0.5, 0.6) is 0 Å². The SMILES string of the molecule is O[C@H]1CCCN([C@H]2CCSC2)C1. The largest absolute Gasteiger partial charge is 0.392 e. The lowest BCUT2D eigenvalue weighted by molar-refractivity contribution is 0.0523. The van der Waals surface area contributed by atoms with Crippen molar-refractivity contribution in [1.82, 2.24) is 4.90 Å². The molecule has 2 heterocycles. The van der Waals surface area contributed by atoms with Gasteiger partial charge in [-0.15, -0.1) is 0 Å². The van der Waals surface area contributed by atoms with Gasteiger partial charge in [-0.2, -0.15) is 11.8 Å². The number of aliphatic hydroxyl groups is 1. The van der Waals surface area contributed by atoms with Crippen LogP contribution in [0.2, 0.25) is 0 Å². The van der Waals surface area contributed by atoms with E-state index in [1.807, 2.05) is 0 Å². The van der Waals surface area contributed by atoms with Crippen molar-refractivity contribution in [2.45, 2.75) is 31.4 Å². The second-order valence-corrected chi connectivity index (χ2v) is 4.96. The van der Waals surface area contributed by atoms with E-state index in [1.165, 1.54) is 30.9 Å². The van der Waals surface area contributed by atoms with Gasteiger partial charge in [0.05, 0.1) is 6.10 Å². The molecule has 0 unspecified atom stereocenters. The zero-order valence-corrected chi connectivity index (χ0v) is 8.22. The second-order valence-electron chi connectivity index (χ2n) is 3.81. The fourth-order valence-electron chi connectivity index (χ4n) is 2.12. The van der Waals surface area contributed by atoms with Gasteiger partial charge in [-0.25, -0.2) is 0 Å². The molecule has 1 N–H and O–H groups in total. The third-order valence-electron chi connectivity index (χ3n) is 2.85. The lowest BCUT2D eigenvalue weighted by atomic mass is 10.1. The Bertz CT molecular complexity index is 147. The van der Waals surface area contributed by atoms with Crippen molar-refractivity contribution in [3.8, 4) is 0 Å². The fourth-order valence-corrected chi connectivity index (χ4v) is 3.38. The minimum atomic E-state index is -0.0515. The molecule has 12 heavy (non-hydrogen) atoms. The first-order valence-electron chi connectivity index (χ1n) is 4.86. The Morgan fingerprint density at radius 1 is 1.33 bits per heavy atom. The van der Waals surface area contributed by atoms with Crippen LogP contribution in [0.25, 0.3) is 0 Å². The van der Waals surface area contributed by atoms with E-state index in [0.29, 0.717) is 0 Å². The molecule has 0 spiro atoms. The van der Waals surface area contributed by atoms with Gasteiger partial charge in [0.2, 0.25) is 0 Å². The molecular formula is C9H17NOS. The van der Waals surface area contributed by atoms with E-state index in [9.17, 15) is 5.11 Å². The number of aliphatic hydroxyl groups excluding tert-OH is 1. The number of β-amino-alcohol motifs (C(OH)–C–C–N with tert-alkyl or cyclic N) is 1. The van der Waals surface area contributed by atoms with Gasteiger partial charge in [0.15, 0.2) is 0 Å². The minimum absolute atomic E-state index is 0.0515. The van der Waals surface area contributed by atoms with E-state index in [-0.39, 0.29) is 6.10 Å². The average Bonchev–Trinajstić information content (AvgIpc) is 2.56. The summed E-state index contributed by atoms with van der Waals surface area (Å²) in [6.07, 6.45) is 3.47. The zero-order valence-electron chi connectivity index (χ0n) is 7.41. The number of hydrogen-bond donors (Lipinski definition) is 1. The molecule has 2 aliphatic heterocycles. The maximum Gasteiger partial charge on any atom is 0.0667 e. The highest BCUT2D eigenvalue weighted by molar-refractivity contribution is 7.99. The number of rotatable bonds is 1.